The van der Waals surface area contributed by atoms with Gasteiger partial charge in [0.15, 0.2) is 0 Å². The van der Waals surface area contributed by atoms with Gasteiger partial charge in [-0.1, -0.05) is 98.3 Å². The van der Waals surface area contributed by atoms with Crippen molar-refractivity contribution >= 4 is 0 Å². The Morgan fingerprint density at radius 2 is 1.07 bits per heavy atom. The predicted octanol–water partition coefficient (Wildman–Crippen LogP) is 11.5. The van der Waals surface area contributed by atoms with E-state index in [-0.39, 0.29) is 44.9 Å². The van der Waals surface area contributed by atoms with Gasteiger partial charge in [-0.25, -0.2) is 4.89 Å². The van der Waals surface area contributed by atoms with E-state index in [9.17, 15) is 0 Å². The Labute approximate surface area is 348 Å². The maximum absolute atomic E-state index is 7.68. The highest BCUT2D eigenvalue weighted by Crippen LogP contribution is 2.62. The largest absolute Gasteiger partial charge is 0.349 e. The van der Waals surface area contributed by atoms with Gasteiger partial charge >= 0.3 is 0 Å². The molecule has 57 heavy (non-hydrogen) atoms. The molecule has 0 spiro atoms. The van der Waals surface area contributed by atoms with Crippen molar-refractivity contribution in [1.29, 1.82) is 0 Å². The molecule has 0 saturated heterocycles. The Hall–Kier alpha value is -0.440. The van der Waals surface area contributed by atoms with Gasteiger partial charge in [-0.05, 0) is 92.9 Å². The average molecular weight is 817 g/mol. The Morgan fingerprint density at radius 1 is 0.544 bits per heavy atom. The number of rotatable bonds is 29. The minimum Gasteiger partial charge on any atom is -0.349 e. The molecule has 3 aliphatic carbocycles. The lowest BCUT2D eigenvalue weighted by atomic mass is 9.85. The summed E-state index contributed by atoms with van der Waals surface area (Å²) < 4.78 is 66.3. The van der Waals surface area contributed by atoms with E-state index in [0.717, 1.165) is 103 Å². The summed E-state index contributed by atoms with van der Waals surface area (Å²) in [6.45, 7) is 22.0. The lowest BCUT2D eigenvalue weighted by Crippen LogP contribution is -2.85. The van der Waals surface area contributed by atoms with Crippen molar-refractivity contribution in [2.75, 3.05) is 40.1 Å². The number of hydrogen-bond donors (Lipinski definition) is 0. The molecule has 0 amide bonds. The zero-order valence-electron chi connectivity index (χ0n) is 38.6. The van der Waals surface area contributed by atoms with E-state index in [0.29, 0.717) is 26.1 Å². The van der Waals surface area contributed by atoms with E-state index in [1.807, 2.05) is 41.5 Å². The summed E-state index contributed by atoms with van der Waals surface area (Å²) in [4.78, 5) is 13.8. The van der Waals surface area contributed by atoms with Crippen molar-refractivity contribution in [3.63, 3.8) is 0 Å². The summed E-state index contributed by atoms with van der Waals surface area (Å²) in [7, 11) is 1.65. The molecule has 3 rings (SSSR count). The Balaban J connectivity index is 2.66. The highest BCUT2D eigenvalue weighted by molar-refractivity contribution is 5.18. The molecule has 11 heteroatoms. The normalized spacial score (nSPS) is 30.7. The van der Waals surface area contributed by atoms with Crippen LogP contribution in [0.2, 0.25) is 0 Å². The molecule has 0 aliphatic heterocycles. The molecule has 0 radical (unpaired) electrons. The summed E-state index contributed by atoms with van der Waals surface area (Å²) in [5.41, 5.74) is -0.893. The lowest BCUT2D eigenvalue weighted by molar-refractivity contribution is -0.599. The smallest absolute Gasteiger partial charge is 0.292 e. The third kappa shape index (κ3) is 12.6. The second-order valence-corrected chi connectivity index (χ2v) is 17.9. The molecule has 0 bridgehead atoms. The summed E-state index contributed by atoms with van der Waals surface area (Å²) in [6.07, 6.45) is 17.5. The van der Waals surface area contributed by atoms with Gasteiger partial charge in [-0.2, -0.15) is 4.89 Å². The van der Waals surface area contributed by atoms with Crippen molar-refractivity contribution in [2.45, 2.75) is 257 Å². The van der Waals surface area contributed by atoms with Crippen LogP contribution in [0.4, 0.5) is 0 Å². The molecule has 0 aromatic carbocycles. The van der Waals surface area contributed by atoms with Crippen LogP contribution in [0.25, 0.3) is 0 Å². The first kappa shape index (κ1) is 50.9. The van der Waals surface area contributed by atoms with Crippen LogP contribution in [0, 0.1) is 0 Å². The van der Waals surface area contributed by atoms with Crippen LogP contribution in [-0.2, 0) is 52.4 Å². The maximum Gasteiger partial charge on any atom is 0.292 e. The quantitative estimate of drug-likeness (QED) is 0.0237. The Morgan fingerprint density at radius 3 is 1.63 bits per heavy atom. The zero-order chi connectivity index (χ0) is 41.9. The molecule has 0 aromatic rings. The highest BCUT2D eigenvalue weighted by Gasteiger charge is 2.87. The molecule has 0 aromatic heterocycles. The van der Waals surface area contributed by atoms with Crippen molar-refractivity contribution in [3.05, 3.63) is 0 Å². The second-order valence-electron chi connectivity index (χ2n) is 17.9. The van der Waals surface area contributed by atoms with Gasteiger partial charge < -0.3 is 42.6 Å². The molecule has 0 N–H and O–H groups in total. The first-order valence-corrected chi connectivity index (χ1v) is 23.5. The van der Waals surface area contributed by atoms with Gasteiger partial charge in [0.1, 0.15) is 0 Å². The number of methoxy groups -OCH3 is 1. The minimum atomic E-state index is -2.10. The molecule has 5 unspecified atom stereocenters. The molecule has 3 fully saturated rings. The topological polar surface area (TPSA) is 102 Å². The van der Waals surface area contributed by atoms with Crippen LogP contribution in [0.5, 0.6) is 0 Å². The van der Waals surface area contributed by atoms with Gasteiger partial charge in [0.2, 0.25) is 5.79 Å². The minimum absolute atomic E-state index is 0.126. The summed E-state index contributed by atoms with van der Waals surface area (Å²) in [5.74, 6) is -9.44. The molecular weight excluding hydrogens is 728 g/mol. The molecular formula is C46H88O11. The van der Waals surface area contributed by atoms with Gasteiger partial charge in [0.25, 0.3) is 23.1 Å². The summed E-state index contributed by atoms with van der Waals surface area (Å²) in [5, 5.41) is 0. The van der Waals surface area contributed by atoms with Crippen LogP contribution < -0.4 is 0 Å². The van der Waals surface area contributed by atoms with E-state index in [1.54, 1.807) is 7.11 Å². The van der Waals surface area contributed by atoms with Gasteiger partial charge in [0.05, 0.1) is 50.3 Å². The van der Waals surface area contributed by atoms with Gasteiger partial charge in [-0.15, -0.1) is 0 Å². The Kier molecular flexibility index (Phi) is 22.2. The molecule has 0 heterocycles. The van der Waals surface area contributed by atoms with Crippen molar-refractivity contribution < 1.29 is 52.4 Å². The number of unbranched alkanes of at least 4 members (excludes halogenated alkanes) is 6. The van der Waals surface area contributed by atoms with E-state index < -0.39 is 40.6 Å². The van der Waals surface area contributed by atoms with Crippen molar-refractivity contribution in [3.8, 4) is 0 Å². The first-order chi connectivity index (χ1) is 27.4. The molecule has 5 atom stereocenters. The fourth-order valence-corrected chi connectivity index (χ4v) is 8.80. The van der Waals surface area contributed by atoms with Gasteiger partial charge in [0, 0.05) is 26.6 Å². The van der Waals surface area contributed by atoms with Crippen LogP contribution in [0.1, 0.15) is 204 Å². The van der Waals surface area contributed by atoms with E-state index >= 15 is 0 Å². The standard InChI is InChI=1S/C46H88O11/c1-12-17-20-27-37-51-44(50-36-26-18-13-2)43(54-39-28-24-25-29-39,57-55-40-30-22-21-23-31-40)33-32-42(47-11,48-16-5)45(49-34-15-4,53-38(6)7)46(44,52-35-19-14-3)56-41(8,9)10/h38-40H,12-37H2,1-11H3. The third-order valence-corrected chi connectivity index (χ3v) is 11.4. The van der Waals surface area contributed by atoms with E-state index in [2.05, 4.69) is 27.7 Å². The monoisotopic (exact) mass is 817 g/mol. The SMILES string of the molecule is CCCCCCOC1(OCCCCC)C(OOC2CCCCC2)(OC2CCCC2)CCC(OC)(OCC)C(OCCC)(OC(C)C)C1(OCCCC)OC(C)(C)C. The van der Waals surface area contributed by atoms with Crippen LogP contribution in [0.3, 0.4) is 0 Å². The highest BCUT2D eigenvalue weighted by atomic mass is 17.2. The summed E-state index contributed by atoms with van der Waals surface area (Å²) >= 11 is 0. The molecule has 3 saturated carbocycles. The zero-order valence-corrected chi connectivity index (χ0v) is 38.6. The van der Waals surface area contributed by atoms with Crippen LogP contribution >= 0.6 is 0 Å². The average Bonchev–Trinajstić information content (AvgIpc) is 3.68. The summed E-state index contributed by atoms with van der Waals surface area (Å²) in [6, 6.07) is 0. The van der Waals surface area contributed by atoms with Crippen LogP contribution in [-0.4, -0.2) is 93.0 Å². The molecule has 3 aliphatic rings. The van der Waals surface area contributed by atoms with Crippen molar-refractivity contribution in [1.82, 2.24) is 0 Å². The third-order valence-electron chi connectivity index (χ3n) is 11.4. The van der Waals surface area contributed by atoms with E-state index in [4.69, 9.17) is 52.4 Å². The molecule has 338 valence electrons. The fraction of sp³-hybridized carbons (Fsp3) is 1.00. The Bertz CT molecular complexity index is 1060. The first-order valence-electron chi connectivity index (χ1n) is 23.5. The number of ether oxygens (including phenoxy) is 9. The number of hydrogen-bond acceptors (Lipinski definition) is 11. The van der Waals surface area contributed by atoms with Crippen molar-refractivity contribution in [2.24, 2.45) is 0 Å². The van der Waals surface area contributed by atoms with E-state index in [1.165, 1.54) is 6.42 Å². The lowest BCUT2D eigenvalue weighted by Gasteiger charge is -2.62. The van der Waals surface area contributed by atoms with Gasteiger partial charge in [-0.3, -0.25) is 0 Å². The predicted molar refractivity (Wildman–Crippen MR) is 224 cm³/mol. The maximum atomic E-state index is 7.68. The fourth-order valence-electron chi connectivity index (χ4n) is 8.80. The second kappa shape index (κ2) is 24.9. The van der Waals surface area contributed by atoms with Crippen LogP contribution in [0.15, 0.2) is 0 Å². The molecule has 11 nitrogen and oxygen atoms in total.